The molecule has 5 nitrogen and oxygen atoms in total. The molecule has 1 aromatic rings. The molecule has 126 valence electrons. The Morgan fingerprint density at radius 1 is 1.30 bits per heavy atom. The van der Waals surface area contributed by atoms with E-state index in [4.69, 9.17) is 4.74 Å². The second-order valence-corrected chi connectivity index (χ2v) is 6.75. The summed E-state index contributed by atoms with van der Waals surface area (Å²) in [5, 5.41) is 6.85. The van der Waals surface area contributed by atoms with Gasteiger partial charge in [-0.05, 0) is 44.5 Å². The first-order valence-electron chi connectivity index (χ1n) is 8.53. The highest BCUT2D eigenvalue weighted by molar-refractivity contribution is 5.79. The van der Waals surface area contributed by atoms with Crippen molar-refractivity contribution in [3.8, 4) is 5.75 Å². The molecule has 23 heavy (non-hydrogen) atoms. The predicted molar refractivity (Wildman–Crippen MR) is 94.1 cm³/mol. The second kappa shape index (κ2) is 7.21. The van der Waals surface area contributed by atoms with E-state index in [1.807, 2.05) is 19.2 Å². The summed E-state index contributed by atoms with van der Waals surface area (Å²) in [7, 11) is 6.14. The number of nitrogens with zero attached hydrogens (tertiary/aromatic N) is 2. The van der Waals surface area contributed by atoms with Crippen molar-refractivity contribution >= 4 is 5.96 Å². The zero-order chi connectivity index (χ0) is 16.2. The van der Waals surface area contributed by atoms with E-state index in [0.717, 1.165) is 37.1 Å². The van der Waals surface area contributed by atoms with Crippen molar-refractivity contribution in [1.82, 2.24) is 15.5 Å². The molecule has 0 aromatic heterocycles. The SMILES string of the molecule is CN=C(NCC1Cc2ccccc2O1)NCC(C1CC1)N(C)C. The molecule has 3 rings (SSSR count). The van der Waals surface area contributed by atoms with Crippen LogP contribution in [-0.4, -0.2) is 57.2 Å². The van der Waals surface area contributed by atoms with Gasteiger partial charge in [-0.15, -0.1) is 0 Å². The van der Waals surface area contributed by atoms with Crippen LogP contribution in [0.4, 0.5) is 0 Å². The summed E-state index contributed by atoms with van der Waals surface area (Å²) < 4.78 is 5.96. The maximum atomic E-state index is 5.96. The smallest absolute Gasteiger partial charge is 0.191 e. The quantitative estimate of drug-likeness (QED) is 0.617. The number of hydrogen-bond donors (Lipinski definition) is 2. The first-order valence-corrected chi connectivity index (χ1v) is 8.53. The Labute approximate surface area is 139 Å². The summed E-state index contributed by atoms with van der Waals surface area (Å²) in [6.07, 6.45) is 3.84. The van der Waals surface area contributed by atoms with Crippen molar-refractivity contribution in [2.24, 2.45) is 10.9 Å². The number of hydrogen-bond acceptors (Lipinski definition) is 3. The van der Waals surface area contributed by atoms with Gasteiger partial charge in [0.25, 0.3) is 0 Å². The number of likely N-dealkylation sites (N-methyl/N-ethyl adjacent to an activating group) is 1. The van der Waals surface area contributed by atoms with Crippen molar-refractivity contribution in [2.75, 3.05) is 34.2 Å². The maximum Gasteiger partial charge on any atom is 0.191 e. The zero-order valence-corrected chi connectivity index (χ0v) is 14.4. The largest absolute Gasteiger partial charge is 0.488 e. The molecule has 2 N–H and O–H groups in total. The highest BCUT2D eigenvalue weighted by atomic mass is 16.5. The van der Waals surface area contributed by atoms with E-state index in [1.54, 1.807) is 0 Å². The maximum absolute atomic E-state index is 5.96. The van der Waals surface area contributed by atoms with Crippen LogP contribution in [0.2, 0.25) is 0 Å². The molecular weight excluding hydrogens is 288 g/mol. The fourth-order valence-electron chi connectivity index (χ4n) is 3.25. The molecule has 0 saturated heterocycles. The van der Waals surface area contributed by atoms with Crippen molar-refractivity contribution in [2.45, 2.75) is 31.4 Å². The van der Waals surface area contributed by atoms with Crippen LogP contribution >= 0.6 is 0 Å². The predicted octanol–water partition coefficient (Wildman–Crippen LogP) is 1.50. The van der Waals surface area contributed by atoms with E-state index in [1.165, 1.54) is 18.4 Å². The van der Waals surface area contributed by atoms with Gasteiger partial charge in [-0.2, -0.15) is 0 Å². The third kappa shape index (κ3) is 4.16. The fraction of sp³-hybridized carbons (Fsp3) is 0.611. The third-order valence-electron chi connectivity index (χ3n) is 4.74. The molecule has 5 heteroatoms. The Hall–Kier alpha value is -1.75. The van der Waals surface area contributed by atoms with Gasteiger partial charge in [-0.25, -0.2) is 0 Å². The number of benzene rings is 1. The molecule has 1 aromatic carbocycles. The van der Waals surface area contributed by atoms with Gasteiger partial charge in [-0.3, -0.25) is 4.99 Å². The molecule has 0 spiro atoms. The molecule has 1 fully saturated rings. The van der Waals surface area contributed by atoms with Gasteiger partial charge in [0, 0.05) is 26.1 Å². The Morgan fingerprint density at radius 3 is 2.74 bits per heavy atom. The first-order chi connectivity index (χ1) is 11.2. The van der Waals surface area contributed by atoms with Gasteiger partial charge < -0.3 is 20.3 Å². The number of ether oxygens (including phenoxy) is 1. The topological polar surface area (TPSA) is 48.9 Å². The van der Waals surface area contributed by atoms with Crippen LogP contribution in [0, 0.1) is 5.92 Å². The summed E-state index contributed by atoms with van der Waals surface area (Å²) in [6.45, 7) is 1.70. The molecule has 1 heterocycles. The molecule has 1 aliphatic carbocycles. The number of para-hydroxylation sites is 1. The van der Waals surface area contributed by atoms with Crippen LogP contribution in [0.3, 0.4) is 0 Å². The molecule has 2 aliphatic rings. The lowest BCUT2D eigenvalue weighted by atomic mass is 10.1. The summed E-state index contributed by atoms with van der Waals surface area (Å²) in [4.78, 5) is 6.64. The van der Waals surface area contributed by atoms with Crippen molar-refractivity contribution in [3.05, 3.63) is 29.8 Å². The van der Waals surface area contributed by atoms with Crippen LogP contribution in [-0.2, 0) is 6.42 Å². The summed E-state index contributed by atoms with van der Waals surface area (Å²) in [5.74, 6) is 2.71. The highest BCUT2D eigenvalue weighted by Crippen LogP contribution is 2.34. The first kappa shape index (κ1) is 16.1. The summed E-state index contributed by atoms with van der Waals surface area (Å²) in [5.41, 5.74) is 1.30. The second-order valence-electron chi connectivity index (χ2n) is 6.75. The fourth-order valence-corrected chi connectivity index (χ4v) is 3.25. The lowest BCUT2D eigenvalue weighted by Gasteiger charge is -2.25. The Kier molecular flexibility index (Phi) is 5.06. The van der Waals surface area contributed by atoms with Crippen LogP contribution in [0.5, 0.6) is 5.75 Å². The number of guanidine groups is 1. The standard InChI is InChI=1S/C18H28N4O/c1-19-18(21-12-16(22(2)3)13-8-9-13)20-11-15-10-14-6-4-5-7-17(14)23-15/h4-7,13,15-16H,8-12H2,1-3H3,(H2,19,20,21). The van der Waals surface area contributed by atoms with Gasteiger partial charge in [-0.1, -0.05) is 18.2 Å². The molecule has 2 unspecified atom stereocenters. The van der Waals surface area contributed by atoms with Crippen molar-refractivity contribution in [1.29, 1.82) is 0 Å². The Morgan fingerprint density at radius 2 is 2.09 bits per heavy atom. The van der Waals surface area contributed by atoms with Gasteiger partial charge in [0.1, 0.15) is 11.9 Å². The monoisotopic (exact) mass is 316 g/mol. The minimum Gasteiger partial charge on any atom is -0.488 e. The van der Waals surface area contributed by atoms with Crippen molar-refractivity contribution < 1.29 is 4.74 Å². The van der Waals surface area contributed by atoms with Gasteiger partial charge >= 0.3 is 0 Å². The van der Waals surface area contributed by atoms with Crippen LogP contribution in [0.1, 0.15) is 18.4 Å². The number of nitrogens with one attached hydrogen (secondary N) is 2. The van der Waals surface area contributed by atoms with E-state index < -0.39 is 0 Å². The van der Waals surface area contributed by atoms with E-state index in [-0.39, 0.29) is 6.10 Å². The van der Waals surface area contributed by atoms with Crippen LogP contribution < -0.4 is 15.4 Å². The highest BCUT2D eigenvalue weighted by Gasteiger charge is 2.32. The van der Waals surface area contributed by atoms with Crippen LogP contribution in [0.15, 0.2) is 29.3 Å². The molecule has 1 aliphatic heterocycles. The molecule has 2 atom stereocenters. The molecule has 1 saturated carbocycles. The number of fused-ring (bicyclic) bond motifs is 1. The normalized spacial score (nSPS) is 21.7. The number of rotatable bonds is 6. The Bertz CT molecular complexity index is 527. The summed E-state index contributed by atoms with van der Waals surface area (Å²) in [6, 6.07) is 8.85. The van der Waals surface area contributed by atoms with Gasteiger partial charge in [0.15, 0.2) is 5.96 Å². The molecule has 0 bridgehead atoms. The molecule has 0 radical (unpaired) electrons. The van der Waals surface area contributed by atoms with E-state index in [2.05, 4.69) is 46.8 Å². The third-order valence-corrected chi connectivity index (χ3v) is 4.74. The van der Waals surface area contributed by atoms with E-state index in [0.29, 0.717) is 6.04 Å². The van der Waals surface area contributed by atoms with Gasteiger partial charge in [0.05, 0.1) is 6.54 Å². The van der Waals surface area contributed by atoms with E-state index in [9.17, 15) is 0 Å². The number of aliphatic imine (C=N–C) groups is 1. The molecular formula is C18H28N4O. The lowest BCUT2D eigenvalue weighted by molar-refractivity contribution is 0.234. The summed E-state index contributed by atoms with van der Waals surface area (Å²) >= 11 is 0. The minimum absolute atomic E-state index is 0.180. The van der Waals surface area contributed by atoms with Crippen molar-refractivity contribution in [3.63, 3.8) is 0 Å². The average molecular weight is 316 g/mol. The molecule has 0 amide bonds. The van der Waals surface area contributed by atoms with Gasteiger partial charge in [0.2, 0.25) is 0 Å². The average Bonchev–Trinajstić information content (AvgIpc) is 3.28. The lowest BCUT2D eigenvalue weighted by Crippen LogP contribution is -2.47. The zero-order valence-electron chi connectivity index (χ0n) is 14.4. The Balaban J connectivity index is 1.44. The van der Waals surface area contributed by atoms with E-state index >= 15 is 0 Å². The minimum atomic E-state index is 0.180. The van der Waals surface area contributed by atoms with Crippen LogP contribution in [0.25, 0.3) is 0 Å².